The number of carbonyl (C=O) groups is 1. The molecule has 3 rings (SSSR count). The maximum atomic E-state index is 13.6. The lowest BCUT2D eigenvalue weighted by Crippen LogP contribution is -2.04. The number of allylic oxidation sites excluding steroid dienone is 2. The fraction of sp³-hybridized carbons (Fsp3) is 0.150. The Labute approximate surface area is 147 Å². The number of benzene rings is 2. The van der Waals surface area contributed by atoms with Crippen LogP contribution in [0.1, 0.15) is 35.6 Å². The van der Waals surface area contributed by atoms with E-state index >= 15 is 0 Å². The first-order valence-electron chi connectivity index (χ1n) is 7.78. The van der Waals surface area contributed by atoms with Crippen LogP contribution in [0.2, 0.25) is 0 Å². The molecule has 2 aromatic rings. The van der Waals surface area contributed by atoms with Crippen LogP contribution in [0.4, 0.5) is 17.6 Å². The van der Waals surface area contributed by atoms with Crippen molar-refractivity contribution in [3.8, 4) is 0 Å². The molecule has 0 bridgehead atoms. The van der Waals surface area contributed by atoms with Gasteiger partial charge in [0.1, 0.15) is 5.82 Å². The molecule has 0 unspecified atom stereocenters. The van der Waals surface area contributed by atoms with E-state index in [1.54, 1.807) is 13.0 Å². The van der Waals surface area contributed by atoms with Crippen molar-refractivity contribution in [1.82, 2.24) is 0 Å². The lowest BCUT2D eigenvalue weighted by molar-refractivity contribution is -0.138. The fourth-order valence-electron chi connectivity index (χ4n) is 3.10. The van der Waals surface area contributed by atoms with Gasteiger partial charge in [0.05, 0.1) is 12.0 Å². The van der Waals surface area contributed by atoms with Gasteiger partial charge in [0.25, 0.3) is 0 Å². The number of hydrogen-bond acceptors (Lipinski definition) is 1. The first-order chi connectivity index (χ1) is 12.2. The van der Waals surface area contributed by atoms with Gasteiger partial charge in [-0.15, -0.1) is 0 Å². The Morgan fingerprint density at radius 3 is 2.50 bits per heavy atom. The van der Waals surface area contributed by atoms with Crippen molar-refractivity contribution in [3.05, 3.63) is 76.1 Å². The van der Waals surface area contributed by atoms with Crippen molar-refractivity contribution in [3.63, 3.8) is 0 Å². The van der Waals surface area contributed by atoms with E-state index < -0.39 is 23.5 Å². The highest BCUT2D eigenvalue weighted by molar-refractivity contribution is 6.07. The van der Waals surface area contributed by atoms with Crippen LogP contribution in [0.15, 0.2) is 48.0 Å². The Morgan fingerprint density at radius 1 is 1.12 bits per heavy atom. The van der Waals surface area contributed by atoms with E-state index in [2.05, 4.69) is 0 Å². The van der Waals surface area contributed by atoms with Gasteiger partial charge >= 0.3 is 12.1 Å². The van der Waals surface area contributed by atoms with Gasteiger partial charge in [-0.3, -0.25) is 4.79 Å². The van der Waals surface area contributed by atoms with Crippen molar-refractivity contribution in [2.24, 2.45) is 0 Å². The molecule has 0 radical (unpaired) electrons. The van der Waals surface area contributed by atoms with Crippen molar-refractivity contribution in [2.75, 3.05) is 0 Å². The number of fused-ring (bicyclic) bond motifs is 1. The van der Waals surface area contributed by atoms with Crippen molar-refractivity contribution >= 4 is 23.2 Å². The molecule has 6 heteroatoms. The summed E-state index contributed by atoms with van der Waals surface area (Å²) in [6.45, 7) is 1.69. The highest BCUT2D eigenvalue weighted by Gasteiger charge is 2.30. The van der Waals surface area contributed by atoms with Crippen LogP contribution < -0.4 is 0 Å². The molecule has 0 atom stereocenters. The zero-order chi connectivity index (χ0) is 19.1. The molecule has 0 heterocycles. The van der Waals surface area contributed by atoms with Gasteiger partial charge in [0.2, 0.25) is 0 Å². The molecule has 0 saturated heterocycles. The van der Waals surface area contributed by atoms with Gasteiger partial charge in [-0.05, 0) is 70.7 Å². The van der Waals surface area contributed by atoms with Crippen LogP contribution in [0.3, 0.4) is 0 Å². The molecule has 26 heavy (non-hydrogen) atoms. The standard InChI is InChI=1S/C20H14F4O2/c1-11-16(8-12-3-2-4-13(7-12)20(22,23)24)15-6-5-14(21)9-18(15)17(11)10-19(25)26/h2-9H,10H2,1H3,(H,25,26)/b16-8-. The first-order valence-corrected chi connectivity index (χ1v) is 7.78. The van der Waals surface area contributed by atoms with E-state index in [-0.39, 0.29) is 6.42 Å². The topological polar surface area (TPSA) is 37.3 Å². The summed E-state index contributed by atoms with van der Waals surface area (Å²) in [4.78, 5) is 11.1. The maximum absolute atomic E-state index is 13.6. The molecule has 0 amide bonds. The second kappa shape index (κ2) is 6.44. The molecule has 1 N–H and O–H groups in total. The van der Waals surface area contributed by atoms with Gasteiger partial charge in [0.15, 0.2) is 0 Å². The Kier molecular flexibility index (Phi) is 4.44. The lowest BCUT2D eigenvalue weighted by Gasteiger charge is -2.08. The molecule has 1 aliphatic rings. The molecule has 0 aromatic heterocycles. The molecular formula is C20H14F4O2. The predicted molar refractivity (Wildman–Crippen MR) is 90.6 cm³/mol. The van der Waals surface area contributed by atoms with E-state index in [1.165, 1.54) is 30.3 Å². The van der Waals surface area contributed by atoms with Crippen LogP contribution in [-0.2, 0) is 11.0 Å². The fourth-order valence-corrected chi connectivity index (χ4v) is 3.10. The average molecular weight is 362 g/mol. The zero-order valence-electron chi connectivity index (χ0n) is 13.7. The zero-order valence-corrected chi connectivity index (χ0v) is 13.7. The van der Waals surface area contributed by atoms with E-state index in [0.29, 0.717) is 33.4 Å². The normalized spacial score (nSPS) is 15.5. The van der Waals surface area contributed by atoms with E-state index in [4.69, 9.17) is 5.11 Å². The Hall–Kier alpha value is -2.89. The molecule has 0 spiro atoms. The number of rotatable bonds is 3. The minimum atomic E-state index is -4.45. The summed E-state index contributed by atoms with van der Waals surface area (Å²) in [6, 6.07) is 8.88. The van der Waals surface area contributed by atoms with Gasteiger partial charge in [-0.25, -0.2) is 4.39 Å². The smallest absolute Gasteiger partial charge is 0.416 e. The second-order valence-electron chi connectivity index (χ2n) is 6.05. The summed E-state index contributed by atoms with van der Waals surface area (Å²) in [7, 11) is 0. The minimum absolute atomic E-state index is 0.289. The molecule has 0 fully saturated rings. The Balaban J connectivity index is 2.14. The van der Waals surface area contributed by atoms with E-state index in [0.717, 1.165) is 12.1 Å². The van der Waals surface area contributed by atoms with Gasteiger partial charge in [-0.2, -0.15) is 13.2 Å². The van der Waals surface area contributed by atoms with Gasteiger partial charge in [-0.1, -0.05) is 18.2 Å². The number of carboxylic acids is 1. The lowest BCUT2D eigenvalue weighted by atomic mass is 9.99. The van der Waals surface area contributed by atoms with Gasteiger partial charge in [0, 0.05) is 0 Å². The van der Waals surface area contributed by atoms with Crippen LogP contribution >= 0.6 is 0 Å². The first kappa shape index (κ1) is 17.9. The molecule has 1 aliphatic carbocycles. The monoisotopic (exact) mass is 362 g/mol. The quantitative estimate of drug-likeness (QED) is 0.717. The third kappa shape index (κ3) is 3.40. The number of alkyl halides is 3. The number of hydrogen-bond donors (Lipinski definition) is 1. The maximum Gasteiger partial charge on any atom is 0.416 e. The van der Waals surface area contributed by atoms with Gasteiger partial charge < -0.3 is 5.11 Å². The molecule has 134 valence electrons. The molecule has 2 nitrogen and oxygen atoms in total. The average Bonchev–Trinajstić information content (AvgIpc) is 2.79. The van der Waals surface area contributed by atoms with Crippen molar-refractivity contribution in [1.29, 1.82) is 0 Å². The third-order valence-corrected chi connectivity index (χ3v) is 4.31. The third-order valence-electron chi connectivity index (χ3n) is 4.31. The van der Waals surface area contributed by atoms with Crippen molar-refractivity contribution in [2.45, 2.75) is 19.5 Å². The summed E-state index contributed by atoms with van der Waals surface area (Å²) in [6.07, 6.45) is -3.18. The minimum Gasteiger partial charge on any atom is -0.481 e. The SMILES string of the molecule is CC1=C(CC(=O)O)c2cc(F)ccc2/C1=C\c1cccc(C(F)(F)F)c1. The molecule has 0 aliphatic heterocycles. The second-order valence-corrected chi connectivity index (χ2v) is 6.05. The largest absolute Gasteiger partial charge is 0.481 e. The summed E-state index contributed by atoms with van der Waals surface area (Å²) < 4.78 is 52.4. The van der Waals surface area contributed by atoms with Crippen molar-refractivity contribution < 1.29 is 27.5 Å². The number of carboxylic acid groups (broad SMARTS) is 1. The van der Waals surface area contributed by atoms with Crippen LogP contribution in [-0.4, -0.2) is 11.1 Å². The van der Waals surface area contributed by atoms with Crippen LogP contribution in [0.5, 0.6) is 0 Å². The van der Waals surface area contributed by atoms with Crippen LogP contribution in [0.25, 0.3) is 17.2 Å². The van der Waals surface area contributed by atoms with E-state index in [9.17, 15) is 22.4 Å². The summed E-state index contributed by atoms with van der Waals surface area (Å²) in [5.41, 5.74) is 2.31. The Bertz CT molecular complexity index is 953. The summed E-state index contributed by atoms with van der Waals surface area (Å²) >= 11 is 0. The highest BCUT2D eigenvalue weighted by atomic mass is 19.4. The predicted octanol–water partition coefficient (Wildman–Crippen LogP) is 5.65. The van der Waals surface area contributed by atoms with Crippen LogP contribution in [0, 0.1) is 5.82 Å². The molecule has 0 saturated carbocycles. The molecular weight excluding hydrogens is 348 g/mol. The summed E-state index contributed by atoms with van der Waals surface area (Å²) in [5, 5.41) is 9.12. The summed E-state index contributed by atoms with van der Waals surface area (Å²) in [5.74, 6) is -1.56. The molecule has 2 aromatic carbocycles. The highest BCUT2D eigenvalue weighted by Crippen LogP contribution is 2.44. The Morgan fingerprint density at radius 2 is 1.85 bits per heavy atom. The number of aliphatic carboxylic acids is 1. The van der Waals surface area contributed by atoms with E-state index in [1.807, 2.05) is 0 Å². The number of halogens is 4.